The van der Waals surface area contributed by atoms with Crippen LogP contribution in [0.3, 0.4) is 0 Å². The molecule has 0 heterocycles. The molecule has 0 saturated heterocycles. The van der Waals surface area contributed by atoms with Crippen LogP contribution in [0, 0.1) is 35.5 Å². The van der Waals surface area contributed by atoms with Crippen LogP contribution < -0.4 is 0 Å². The second-order valence-corrected chi connectivity index (χ2v) is 13.1. The van der Waals surface area contributed by atoms with Crippen molar-refractivity contribution in [1.82, 2.24) is 0 Å². The van der Waals surface area contributed by atoms with Gasteiger partial charge in [0.1, 0.15) is 0 Å². The average molecular weight is 591 g/mol. The predicted molar refractivity (Wildman–Crippen MR) is 193 cm³/mol. The molecule has 45 heavy (non-hydrogen) atoms. The smallest absolute Gasteiger partial charge is 0.0252 e. The number of unbranched alkanes of at least 4 members (excludes halogenated alkanes) is 2. The largest absolute Gasteiger partial charge is 0.0654 e. The van der Waals surface area contributed by atoms with Gasteiger partial charge in [-0.3, -0.25) is 0 Å². The van der Waals surface area contributed by atoms with E-state index in [1.807, 2.05) is 0 Å². The highest BCUT2D eigenvalue weighted by Gasteiger charge is 2.45. The van der Waals surface area contributed by atoms with Gasteiger partial charge in [-0.2, -0.15) is 0 Å². The van der Waals surface area contributed by atoms with Crippen molar-refractivity contribution in [2.75, 3.05) is 0 Å². The van der Waals surface area contributed by atoms with Crippen molar-refractivity contribution in [1.29, 1.82) is 0 Å². The number of benzene rings is 4. The Morgan fingerprint density at radius 3 is 1.27 bits per heavy atom. The molecule has 4 aromatic carbocycles. The van der Waals surface area contributed by atoms with E-state index in [1.165, 1.54) is 86.5 Å². The summed E-state index contributed by atoms with van der Waals surface area (Å²) < 4.78 is 0. The van der Waals surface area contributed by atoms with E-state index in [2.05, 4.69) is 148 Å². The van der Waals surface area contributed by atoms with E-state index in [9.17, 15) is 0 Å². The molecule has 1 aliphatic carbocycles. The number of rotatable bonds is 12. The van der Waals surface area contributed by atoms with E-state index in [0.717, 1.165) is 22.3 Å². The van der Waals surface area contributed by atoms with Crippen molar-refractivity contribution in [3.8, 4) is 34.8 Å². The molecule has 2 atom stereocenters. The van der Waals surface area contributed by atoms with E-state index in [-0.39, 0.29) is 5.41 Å². The lowest BCUT2D eigenvalue weighted by Crippen LogP contribution is -2.31. The third-order valence-electron chi connectivity index (χ3n) is 9.97. The highest BCUT2D eigenvalue weighted by molar-refractivity contribution is 5.82. The third kappa shape index (κ3) is 7.81. The molecule has 0 fully saturated rings. The summed E-state index contributed by atoms with van der Waals surface area (Å²) in [5.41, 5.74) is 10.1. The van der Waals surface area contributed by atoms with E-state index in [0.29, 0.717) is 11.8 Å². The number of fused-ring (bicyclic) bond motifs is 3. The Labute approximate surface area is 273 Å². The van der Waals surface area contributed by atoms with Crippen molar-refractivity contribution in [3.05, 3.63) is 130 Å². The summed E-state index contributed by atoms with van der Waals surface area (Å²) in [6.07, 6.45) is 12.5. The molecule has 0 bridgehead atoms. The number of hydrogen-bond donors (Lipinski definition) is 0. The average Bonchev–Trinajstić information content (AvgIpc) is 3.35. The lowest BCUT2D eigenvalue weighted by Gasteiger charge is -2.39. The first kappa shape index (κ1) is 32.4. The summed E-state index contributed by atoms with van der Waals surface area (Å²) in [5.74, 6) is 15.3. The molecular weight excluding hydrogens is 540 g/mol. The minimum atomic E-state index is -0.0393. The molecule has 0 aliphatic heterocycles. The van der Waals surface area contributed by atoms with Crippen LogP contribution in [0.15, 0.2) is 97.1 Å². The molecule has 5 rings (SSSR count). The Morgan fingerprint density at radius 1 is 0.489 bits per heavy atom. The van der Waals surface area contributed by atoms with Gasteiger partial charge in [0.25, 0.3) is 0 Å². The Hall–Kier alpha value is -4.00. The Kier molecular flexibility index (Phi) is 11.4. The topological polar surface area (TPSA) is 0 Å². The first-order chi connectivity index (χ1) is 22.1. The Bertz CT molecular complexity index is 1520. The van der Waals surface area contributed by atoms with Gasteiger partial charge in [0.05, 0.1) is 0 Å². The molecule has 0 nitrogen and oxygen atoms in total. The minimum absolute atomic E-state index is 0.0393. The third-order valence-corrected chi connectivity index (χ3v) is 9.97. The van der Waals surface area contributed by atoms with E-state index >= 15 is 0 Å². The second kappa shape index (κ2) is 15.8. The molecule has 0 saturated carbocycles. The van der Waals surface area contributed by atoms with Crippen LogP contribution in [0.5, 0.6) is 0 Å². The molecule has 1 aliphatic rings. The lowest BCUT2D eigenvalue weighted by molar-refractivity contribution is 0.266. The number of hydrogen-bond acceptors (Lipinski definition) is 0. The molecule has 2 unspecified atom stereocenters. The fraction of sp³-hybridized carbons (Fsp3) is 0.378. The second-order valence-electron chi connectivity index (χ2n) is 13.1. The molecule has 0 aromatic heterocycles. The van der Waals surface area contributed by atoms with Crippen LogP contribution >= 0.6 is 0 Å². The zero-order chi connectivity index (χ0) is 31.5. The van der Waals surface area contributed by atoms with Crippen LogP contribution in [0.2, 0.25) is 0 Å². The first-order valence-corrected chi connectivity index (χ1v) is 17.5. The lowest BCUT2D eigenvalue weighted by atomic mass is 9.65. The standard InChI is InChI=1S/C45H50/c1-5-9-17-35(7-3)33-45(34-36(8-4)18-10-6-2)43-31-39(25-23-37-19-13-11-14-20-37)27-29-41(43)42-30-28-40(32-44(42)45)26-24-38-21-15-12-16-22-38/h11-16,19-22,27-32,35-36H,5-10,17-18,33-34H2,1-4H3. The van der Waals surface area contributed by atoms with Crippen molar-refractivity contribution in [2.24, 2.45) is 11.8 Å². The van der Waals surface area contributed by atoms with Crippen molar-refractivity contribution < 1.29 is 0 Å². The molecule has 230 valence electrons. The summed E-state index contributed by atoms with van der Waals surface area (Å²) in [7, 11) is 0. The van der Waals surface area contributed by atoms with Gasteiger partial charge in [-0.05, 0) is 95.5 Å². The quantitative estimate of drug-likeness (QED) is 0.144. The molecule has 0 spiro atoms. The van der Waals surface area contributed by atoms with Crippen molar-refractivity contribution in [3.63, 3.8) is 0 Å². The van der Waals surface area contributed by atoms with Gasteiger partial charge < -0.3 is 0 Å². The van der Waals surface area contributed by atoms with Gasteiger partial charge in [0, 0.05) is 27.7 Å². The van der Waals surface area contributed by atoms with Gasteiger partial charge in [0.15, 0.2) is 0 Å². The van der Waals surface area contributed by atoms with Crippen molar-refractivity contribution in [2.45, 2.75) is 97.3 Å². The van der Waals surface area contributed by atoms with Gasteiger partial charge in [-0.25, -0.2) is 0 Å². The normalized spacial score (nSPS) is 13.9. The zero-order valence-electron chi connectivity index (χ0n) is 28.0. The summed E-state index contributed by atoms with van der Waals surface area (Å²) in [6, 6.07) is 34.9. The maximum Gasteiger partial charge on any atom is 0.0252 e. The van der Waals surface area contributed by atoms with E-state index in [4.69, 9.17) is 0 Å². The maximum absolute atomic E-state index is 3.54. The summed E-state index contributed by atoms with van der Waals surface area (Å²) in [5, 5.41) is 0. The monoisotopic (exact) mass is 590 g/mol. The SMILES string of the molecule is CCCCC(CC)CC1(CC(CC)CCCC)c2cc(C#Cc3ccccc3)ccc2-c2ccc(C#Cc3ccccc3)cc21. The first-order valence-electron chi connectivity index (χ1n) is 17.5. The summed E-state index contributed by atoms with van der Waals surface area (Å²) in [6.45, 7) is 9.47. The highest BCUT2D eigenvalue weighted by atomic mass is 14.5. The van der Waals surface area contributed by atoms with Gasteiger partial charge in [0.2, 0.25) is 0 Å². The fourth-order valence-electron chi connectivity index (χ4n) is 7.38. The summed E-state index contributed by atoms with van der Waals surface area (Å²) >= 11 is 0. The molecule has 0 amide bonds. The molecule has 4 aromatic rings. The Morgan fingerprint density at radius 2 is 0.889 bits per heavy atom. The minimum Gasteiger partial charge on any atom is -0.0654 e. The van der Waals surface area contributed by atoms with Crippen LogP contribution in [-0.2, 0) is 5.41 Å². The van der Waals surface area contributed by atoms with Gasteiger partial charge >= 0.3 is 0 Å². The van der Waals surface area contributed by atoms with E-state index < -0.39 is 0 Å². The molecular formula is C45H50. The zero-order valence-corrected chi connectivity index (χ0v) is 28.0. The van der Waals surface area contributed by atoms with Crippen LogP contribution in [0.25, 0.3) is 11.1 Å². The van der Waals surface area contributed by atoms with E-state index in [1.54, 1.807) is 0 Å². The molecule has 0 radical (unpaired) electrons. The molecule has 0 heteroatoms. The fourth-order valence-corrected chi connectivity index (χ4v) is 7.38. The van der Waals surface area contributed by atoms with Gasteiger partial charge in [-0.1, -0.05) is 151 Å². The van der Waals surface area contributed by atoms with Crippen LogP contribution in [0.1, 0.15) is 125 Å². The Balaban J connectivity index is 1.68. The van der Waals surface area contributed by atoms with Crippen LogP contribution in [-0.4, -0.2) is 0 Å². The maximum atomic E-state index is 3.54. The van der Waals surface area contributed by atoms with Gasteiger partial charge in [-0.15, -0.1) is 0 Å². The predicted octanol–water partition coefficient (Wildman–Crippen LogP) is 12.0. The van der Waals surface area contributed by atoms with Crippen molar-refractivity contribution >= 4 is 0 Å². The molecule has 0 N–H and O–H groups in total. The summed E-state index contributed by atoms with van der Waals surface area (Å²) in [4.78, 5) is 0. The van der Waals surface area contributed by atoms with Crippen LogP contribution in [0.4, 0.5) is 0 Å². The highest BCUT2D eigenvalue weighted by Crippen LogP contribution is 2.56.